The lowest BCUT2D eigenvalue weighted by molar-refractivity contribution is -0.109. The van der Waals surface area contributed by atoms with E-state index in [1.54, 1.807) is 0 Å². The maximum Gasteiger partial charge on any atom is 0.274 e. The molecule has 1 aromatic rings. The van der Waals surface area contributed by atoms with Crippen LogP contribution in [0.1, 0.15) is 50.7 Å². The first-order valence-electron chi connectivity index (χ1n) is 7.42. The summed E-state index contributed by atoms with van der Waals surface area (Å²) in [5.41, 5.74) is -0.239. The van der Waals surface area contributed by atoms with Gasteiger partial charge in [-0.05, 0) is 18.6 Å². The van der Waals surface area contributed by atoms with Crippen molar-refractivity contribution in [1.82, 2.24) is 15.8 Å². The SMILES string of the molecule is CNC(=O)c1noc2c1C(=O)C(SCCCCCNC=O)=CC2=O. The lowest BCUT2D eigenvalue weighted by atomic mass is 10.00. The Morgan fingerprint density at radius 3 is 2.83 bits per heavy atom. The summed E-state index contributed by atoms with van der Waals surface area (Å²) in [7, 11) is 1.41. The smallest absolute Gasteiger partial charge is 0.274 e. The summed E-state index contributed by atoms with van der Waals surface area (Å²) in [6, 6.07) is 0. The van der Waals surface area contributed by atoms with Gasteiger partial charge >= 0.3 is 0 Å². The van der Waals surface area contributed by atoms with Gasteiger partial charge in [0.2, 0.25) is 23.7 Å². The Morgan fingerprint density at radius 1 is 1.33 bits per heavy atom. The monoisotopic (exact) mass is 351 g/mol. The molecule has 1 aliphatic carbocycles. The number of hydrogen-bond donors (Lipinski definition) is 2. The Hall–Kier alpha value is -2.42. The van der Waals surface area contributed by atoms with E-state index >= 15 is 0 Å². The van der Waals surface area contributed by atoms with Crippen LogP contribution in [0.3, 0.4) is 0 Å². The molecule has 0 unspecified atom stereocenters. The van der Waals surface area contributed by atoms with E-state index in [0.717, 1.165) is 19.3 Å². The van der Waals surface area contributed by atoms with Crippen LogP contribution in [0.2, 0.25) is 0 Å². The van der Waals surface area contributed by atoms with Crippen molar-refractivity contribution in [3.8, 4) is 0 Å². The predicted molar refractivity (Wildman–Crippen MR) is 87.0 cm³/mol. The maximum atomic E-state index is 12.5. The molecule has 1 aromatic heterocycles. The van der Waals surface area contributed by atoms with Crippen molar-refractivity contribution in [3.63, 3.8) is 0 Å². The minimum Gasteiger partial charge on any atom is -0.359 e. The fraction of sp³-hybridized carbons (Fsp3) is 0.400. The molecule has 0 fully saturated rings. The molecule has 0 aliphatic heterocycles. The van der Waals surface area contributed by atoms with Crippen LogP contribution in [0, 0.1) is 0 Å². The van der Waals surface area contributed by atoms with Gasteiger partial charge in [0.15, 0.2) is 5.69 Å². The van der Waals surface area contributed by atoms with E-state index in [4.69, 9.17) is 4.52 Å². The highest BCUT2D eigenvalue weighted by molar-refractivity contribution is 8.04. The topological polar surface area (TPSA) is 118 Å². The molecule has 0 saturated carbocycles. The summed E-state index contributed by atoms with van der Waals surface area (Å²) in [6.07, 6.45) is 4.46. The number of hydrogen-bond acceptors (Lipinski definition) is 7. The number of unbranched alkanes of at least 4 members (excludes halogenated alkanes) is 2. The van der Waals surface area contributed by atoms with E-state index in [9.17, 15) is 19.2 Å². The number of allylic oxidation sites excluding steroid dienone is 2. The number of aromatic nitrogens is 1. The van der Waals surface area contributed by atoms with Gasteiger partial charge < -0.3 is 15.2 Å². The molecule has 1 heterocycles. The van der Waals surface area contributed by atoms with Crippen LogP contribution < -0.4 is 10.6 Å². The van der Waals surface area contributed by atoms with Gasteiger partial charge in [-0.2, -0.15) is 0 Å². The minimum atomic E-state index is -0.574. The normalized spacial score (nSPS) is 13.3. The van der Waals surface area contributed by atoms with Crippen LogP contribution in [0.25, 0.3) is 0 Å². The second-order valence-electron chi connectivity index (χ2n) is 5.00. The van der Waals surface area contributed by atoms with Crippen LogP contribution in [-0.2, 0) is 4.79 Å². The maximum absolute atomic E-state index is 12.5. The van der Waals surface area contributed by atoms with E-state index in [-0.39, 0.29) is 21.9 Å². The van der Waals surface area contributed by atoms with Gasteiger partial charge in [-0.15, -0.1) is 11.8 Å². The number of nitrogens with zero attached hydrogens (tertiary/aromatic N) is 1. The summed E-state index contributed by atoms with van der Waals surface area (Å²) < 4.78 is 4.85. The Kier molecular flexibility index (Phi) is 6.30. The average molecular weight is 351 g/mol. The van der Waals surface area contributed by atoms with E-state index < -0.39 is 17.5 Å². The number of carbonyl (C=O) groups excluding carboxylic acids is 4. The molecule has 0 saturated heterocycles. The van der Waals surface area contributed by atoms with Gasteiger partial charge in [0.1, 0.15) is 5.56 Å². The van der Waals surface area contributed by atoms with Gasteiger partial charge in [-0.25, -0.2) is 0 Å². The zero-order valence-corrected chi connectivity index (χ0v) is 13.9. The molecule has 2 rings (SSSR count). The summed E-state index contributed by atoms with van der Waals surface area (Å²) in [5, 5.41) is 8.48. The Morgan fingerprint density at radius 2 is 2.12 bits per heavy atom. The molecule has 0 spiro atoms. The number of thioether (sulfide) groups is 1. The van der Waals surface area contributed by atoms with Crippen LogP contribution in [0.5, 0.6) is 0 Å². The molecule has 0 bridgehead atoms. The number of carbonyl (C=O) groups is 4. The number of Topliss-reactive ketones (excluding diaryl/α,β-unsaturated/α-hetero) is 1. The molecule has 8 nitrogen and oxygen atoms in total. The molecule has 1 aliphatic rings. The number of nitrogens with one attached hydrogen (secondary N) is 2. The molecule has 0 atom stereocenters. The fourth-order valence-electron chi connectivity index (χ4n) is 2.17. The molecule has 9 heteroatoms. The lowest BCUT2D eigenvalue weighted by Gasteiger charge is -2.10. The molecular weight excluding hydrogens is 334 g/mol. The summed E-state index contributed by atoms with van der Waals surface area (Å²) in [6.45, 7) is 0.619. The zero-order valence-electron chi connectivity index (χ0n) is 13.1. The Balaban J connectivity index is 1.97. The fourth-order valence-corrected chi connectivity index (χ4v) is 3.16. The molecule has 2 amide bonds. The first-order valence-corrected chi connectivity index (χ1v) is 8.41. The zero-order chi connectivity index (χ0) is 17.5. The quantitative estimate of drug-likeness (QED) is 0.502. The molecule has 0 aromatic carbocycles. The van der Waals surface area contributed by atoms with Crippen molar-refractivity contribution in [2.24, 2.45) is 0 Å². The van der Waals surface area contributed by atoms with Gasteiger partial charge in [0, 0.05) is 19.7 Å². The molecule has 0 radical (unpaired) electrons. The van der Waals surface area contributed by atoms with Crippen LogP contribution >= 0.6 is 11.8 Å². The van der Waals surface area contributed by atoms with Crippen molar-refractivity contribution in [1.29, 1.82) is 0 Å². The summed E-state index contributed by atoms with van der Waals surface area (Å²) >= 11 is 1.27. The van der Waals surface area contributed by atoms with Crippen LogP contribution in [0.4, 0.5) is 0 Å². The Labute approximate surface area is 142 Å². The van der Waals surface area contributed by atoms with Gasteiger partial charge in [0.05, 0.1) is 4.91 Å². The molecule has 2 N–H and O–H groups in total. The third-order valence-electron chi connectivity index (χ3n) is 3.38. The van der Waals surface area contributed by atoms with Crippen LogP contribution in [-0.4, -0.2) is 48.4 Å². The van der Waals surface area contributed by atoms with E-state index in [0.29, 0.717) is 18.7 Å². The Bertz CT molecular complexity index is 695. The third kappa shape index (κ3) is 3.91. The van der Waals surface area contributed by atoms with E-state index in [1.807, 2.05) is 0 Å². The number of fused-ring (bicyclic) bond motifs is 1. The van der Waals surface area contributed by atoms with E-state index in [2.05, 4.69) is 15.8 Å². The lowest BCUT2D eigenvalue weighted by Crippen LogP contribution is -2.23. The molecular formula is C15H17N3O5S. The van der Waals surface area contributed by atoms with Crippen molar-refractivity contribution < 1.29 is 23.7 Å². The number of amides is 2. The van der Waals surface area contributed by atoms with Gasteiger partial charge in [-0.3, -0.25) is 19.2 Å². The standard InChI is InChI=1S/C15H17N3O5S/c1-16-15(22)12-11-13(21)10(7-9(20)14(11)23-18-12)24-6-4-2-3-5-17-8-19/h7-8H,2-6H2,1H3,(H,16,22)(H,17,19). The molecule has 24 heavy (non-hydrogen) atoms. The largest absolute Gasteiger partial charge is 0.359 e. The first-order chi connectivity index (χ1) is 11.6. The minimum absolute atomic E-state index is 0.0699. The van der Waals surface area contributed by atoms with E-state index in [1.165, 1.54) is 24.9 Å². The summed E-state index contributed by atoms with van der Waals surface area (Å²) in [4.78, 5) is 46.7. The van der Waals surface area contributed by atoms with Crippen LogP contribution in [0.15, 0.2) is 15.5 Å². The second kappa shape index (κ2) is 8.44. The van der Waals surface area contributed by atoms with Gasteiger partial charge in [-0.1, -0.05) is 11.6 Å². The second-order valence-corrected chi connectivity index (χ2v) is 6.13. The highest BCUT2D eigenvalue weighted by Crippen LogP contribution is 2.31. The van der Waals surface area contributed by atoms with Crippen molar-refractivity contribution in [2.75, 3.05) is 19.3 Å². The third-order valence-corrected chi connectivity index (χ3v) is 4.48. The van der Waals surface area contributed by atoms with Gasteiger partial charge in [0.25, 0.3) is 5.91 Å². The highest BCUT2D eigenvalue weighted by Gasteiger charge is 2.35. The van der Waals surface area contributed by atoms with Crippen molar-refractivity contribution in [2.45, 2.75) is 19.3 Å². The first kappa shape index (κ1) is 17.9. The highest BCUT2D eigenvalue weighted by atomic mass is 32.2. The average Bonchev–Trinajstić information content (AvgIpc) is 3.03. The number of rotatable bonds is 9. The predicted octanol–water partition coefficient (Wildman–Crippen LogP) is 0.947. The van der Waals surface area contributed by atoms with Crippen molar-refractivity contribution in [3.05, 3.63) is 28.0 Å². The molecule has 128 valence electrons. The van der Waals surface area contributed by atoms with Crippen molar-refractivity contribution >= 4 is 35.6 Å². The number of ketones is 2. The summed E-state index contributed by atoms with van der Waals surface area (Å²) in [5.74, 6) is -0.998.